The molecule has 128 valence electrons. The van der Waals surface area contributed by atoms with Crippen molar-refractivity contribution in [3.63, 3.8) is 0 Å². The van der Waals surface area contributed by atoms with Gasteiger partial charge < -0.3 is 26.6 Å². The van der Waals surface area contributed by atoms with Crippen molar-refractivity contribution in [2.75, 3.05) is 6.61 Å². The van der Waals surface area contributed by atoms with Crippen molar-refractivity contribution >= 4 is 17.8 Å². The third kappa shape index (κ3) is 6.86. The largest absolute Gasteiger partial charge is 0.480 e. The zero-order valence-corrected chi connectivity index (χ0v) is 13.5. The van der Waals surface area contributed by atoms with Gasteiger partial charge in [-0.2, -0.15) is 0 Å². The number of hydrogen-bond acceptors (Lipinski definition) is 5. The van der Waals surface area contributed by atoms with Crippen molar-refractivity contribution in [1.29, 1.82) is 0 Å². The van der Waals surface area contributed by atoms with Crippen molar-refractivity contribution in [1.82, 2.24) is 10.6 Å². The molecule has 0 spiro atoms. The van der Waals surface area contributed by atoms with Crippen molar-refractivity contribution in [2.45, 2.75) is 52.2 Å². The molecule has 0 aliphatic rings. The fourth-order valence-electron chi connectivity index (χ4n) is 1.83. The molecule has 3 atom stereocenters. The van der Waals surface area contributed by atoms with Crippen molar-refractivity contribution in [3.8, 4) is 0 Å². The first-order chi connectivity index (χ1) is 10.1. The van der Waals surface area contributed by atoms with Crippen LogP contribution in [0.25, 0.3) is 0 Å². The number of aliphatic hydroxyl groups is 1. The second kappa shape index (κ2) is 9.37. The van der Waals surface area contributed by atoms with Crippen LogP contribution in [0.2, 0.25) is 0 Å². The Morgan fingerprint density at radius 2 is 1.59 bits per heavy atom. The second-order valence-corrected chi connectivity index (χ2v) is 6.05. The average Bonchev–Trinajstić information content (AvgIpc) is 2.41. The Balaban J connectivity index is 4.91. The monoisotopic (exact) mass is 317 g/mol. The lowest BCUT2D eigenvalue weighted by Crippen LogP contribution is -2.57. The van der Waals surface area contributed by atoms with Gasteiger partial charge in [-0.15, -0.1) is 0 Å². The molecule has 0 heterocycles. The van der Waals surface area contributed by atoms with Gasteiger partial charge in [-0.05, 0) is 18.3 Å². The second-order valence-electron chi connectivity index (χ2n) is 6.05. The minimum absolute atomic E-state index is 0.0938. The topological polar surface area (TPSA) is 142 Å². The highest BCUT2D eigenvalue weighted by Gasteiger charge is 2.29. The lowest BCUT2D eigenvalue weighted by atomic mass is 10.00. The number of hydrogen-bond donors (Lipinski definition) is 5. The number of aliphatic hydroxyl groups excluding tert-OH is 1. The van der Waals surface area contributed by atoms with Crippen molar-refractivity contribution in [2.24, 2.45) is 17.6 Å². The Morgan fingerprint density at radius 1 is 1.05 bits per heavy atom. The summed E-state index contributed by atoms with van der Waals surface area (Å²) < 4.78 is 0. The molecule has 22 heavy (non-hydrogen) atoms. The SMILES string of the molecule is CC(C)C[C@H](NC(=O)[C@@H](NC(=O)[C@@H](N)CO)C(C)C)C(=O)O. The van der Waals surface area contributed by atoms with Gasteiger partial charge in [0.1, 0.15) is 18.1 Å². The van der Waals surface area contributed by atoms with Crippen LogP contribution in [0.1, 0.15) is 34.1 Å². The van der Waals surface area contributed by atoms with Gasteiger partial charge in [0.05, 0.1) is 6.61 Å². The number of nitrogens with one attached hydrogen (secondary N) is 2. The zero-order chi connectivity index (χ0) is 17.4. The predicted molar refractivity (Wildman–Crippen MR) is 80.9 cm³/mol. The fraction of sp³-hybridized carbons (Fsp3) is 0.786. The number of carboxylic acid groups (broad SMARTS) is 1. The quantitative estimate of drug-likeness (QED) is 0.372. The van der Waals surface area contributed by atoms with Crippen LogP contribution in [0, 0.1) is 11.8 Å². The van der Waals surface area contributed by atoms with Gasteiger partial charge >= 0.3 is 5.97 Å². The Hall–Kier alpha value is -1.67. The first-order valence-corrected chi connectivity index (χ1v) is 7.30. The molecule has 0 radical (unpaired) electrons. The molecule has 8 nitrogen and oxygen atoms in total. The molecule has 0 rings (SSSR count). The van der Waals surface area contributed by atoms with E-state index < -0.39 is 42.5 Å². The summed E-state index contributed by atoms with van der Waals surface area (Å²) in [4.78, 5) is 35.1. The van der Waals surface area contributed by atoms with E-state index in [2.05, 4.69) is 10.6 Å². The Labute approximate surface area is 130 Å². The highest BCUT2D eigenvalue weighted by molar-refractivity contribution is 5.91. The normalized spacial score (nSPS) is 15.3. The van der Waals surface area contributed by atoms with Crippen molar-refractivity contribution in [3.05, 3.63) is 0 Å². The Kier molecular flexibility index (Phi) is 8.66. The van der Waals surface area contributed by atoms with Crippen molar-refractivity contribution < 1.29 is 24.6 Å². The summed E-state index contributed by atoms with van der Waals surface area (Å²) in [6, 6.07) is -3.06. The summed E-state index contributed by atoms with van der Waals surface area (Å²) in [5.41, 5.74) is 5.39. The van der Waals surface area contributed by atoms with Gasteiger partial charge in [-0.1, -0.05) is 27.7 Å². The lowest BCUT2D eigenvalue weighted by molar-refractivity contribution is -0.143. The van der Waals surface area contributed by atoms with E-state index in [1.807, 2.05) is 13.8 Å². The standard InChI is InChI=1S/C14H27N3O5/c1-7(2)5-10(14(21)22)16-13(20)11(8(3)4)17-12(19)9(15)6-18/h7-11,18H,5-6,15H2,1-4H3,(H,16,20)(H,17,19)(H,21,22)/t9-,10-,11-/m0/s1. The van der Waals surface area contributed by atoms with E-state index in [1.54, 1.807) is 13.8 Å². The molecule has 8 heteroatoms. The van der Waals surface area contributed by atoms with E-state index in [4.69, 9.17) is 15.9 Å². The van der Waals surface area contributed by atoms with Crippen LogP contribution < -0.4 is 16.4 Å². The molecule has 0 bridgehead atoms. The molecule has 6 N–H and O–H groups in total. The van der Waals surface area contributed by atoms with Crippen LogP contribution in [0.5, 0.6) is 0 Å². The number of rotatable bonds is 9. The predicted octanol–water partition coefficient (Wildman–Crippen LogP) is -0.938. The molecule has 0 saturated carbocycles. The van der Waals surface area contributed by atoms with Crippen LogP contribution in [-0.2, 0) is 14.4 Å². The zero-order valence-electron chi connectivity index (χ0n) is 13.5. The van der Waals surface area contributed by atoms with Crippen LogP contribution in [0.15, 0.2) is 0 Å². The number of aliphatic carboxylic acids is 1. The van der Waals surface area contributed by atoms with Gasteiger partial charge in [0.25, 0.3) is 0 Å². The maximum atomic E-state index is 12.2. The van der Waals surface area contributed by atoms with E-state index in [0.717, 1.165) is 0 Å². The van der Waals surface area contributed by atoms with E-state index in [9.17, 15) is 14.4 Å². The highest BCUT2D eigenvalue weighted by Crippen LogP contribution is 2.08. The van der Waals surface area contributed by atoms with Gasteiger partial charge in [0.15, 0.2) is 0 Å². The first kappa shape index (κ1) is 20.3. The average molecular weight is 317 g/mol. The van der Waals surface area contributed by atoms with Crippen LogP contribution in [0.3, 0.4) is 0 Å². The molecule has 0 aromatic carbocycles. The number of carboxylic acids is 1. The Morgan fingerprint density at radius 3 is 1.95 bits per heavy atom. The maximum absolute atomic E-state index is 12.2. The molecular formula is C14H27N3O5. The molecular weight excluding hydrogens is 290 g/mol. The van der Waals surface area contributed by atoms with E-state index in [0.29, 0.717) is 0 Å². The van der Waals surface area contributed by atoms with Crippen LogP contribution >= 0.6 is 0 Å². The molecule has 0 aliphatic carbocycles. The summed E-state index contributed by atoms with van der Waals surface area (Å²) in [6.07, 6.45) is 0.288. The molecule has 0 fully saturated rings. The molecule has 0 saturated heterocycles. The summed E-state index contributed by atoms with van der Waals surface area (Å²) >= 11 is 0. The van der Waals surface area contributed by atoms with E-state index in [1.165, 1.54) is 0 Å². The smallest absolute Gasteiger partial charge is 0.326 e. The van der Waals surface area contributed by atoms with Gasteiger partial charge in [-0.25, -0.2) is 4.79 Å². The lowest BCUT2D eigenvalue weighted by Gasteiger charge is -2.25. The number of nitrogens with two attached hydrogens (primary N) is 1. The third-order valence-corrected chi connectivity index (χ3v) is 3.10. The Bertz CT molecular complexity index is 398. The van der Waals surface area contributed by atoms with E-state index in [-0.39, 0.29) is 18.3 Å². The summed E-state index contributed by atoms with van der Waals surface area (Å²) in [7, 11) is 0. The fourth-order valence-corrected chi connectivity index (χ4v) is 1.83. The molecule has 0 aromatic rings. The van der Waals surface area contributed by atoms with Gasteiger partial charge in [0, 0.05) is 0 Å². The van der Waals surface area contributed by atoms with Gasteiger partial charge in [0.2, 0.25) is 11.8 Å². The maximum Gasteiger partial charge on any atom is 0.326 e. The number of carbonyl (C=O) groups excluding carboxylic acids is 2. The molecule has 0 unspecified atom stereocenters. The first-order valence-electron chi connectivity index (χ1n) is 7.30. The molecule has 0 aromatic heterocycles. The minimum atomic E-state index is -1.13. The summed E-state index contributed by atoms with van der Waals surface area (Å²) in [5, 5.41) is 22.9. The number of carbonyl (C=O) groups is 3. The van der Waals surface area contributed by atoms with E-state index >= 15 is 0 Å². The summed E-state index contributed by atoms with van der Waals surface area (Å²) in [5.74, 6) is -2.53. The number of amides is 2. The summed E-state index contributed by atoms with van der Waals surface area (Å²) in [6.45, 7) is 6.60. The third-order valence-electron chi connectivity index (χ3n) is 3.10. The minimum Gasteiger partial charge on any atom is -0.480 e. The highest BCUT2D eigenvalue weighted by atomic mass is 16.4. The van der Waals surface area contributed by atoms with Crippen LogP contribution in [-0.4, -0.2) is 52.7 Å². The molecule has 2 amide bonds. The van der Waals surface area contributed by atoms with Gasteiger partial charge in [-0.3, -0.25) is 9.59 Å². The van der Waals surface area contributed by atoms with Crippen LogP contribution in [0.4, 0.5) is 0 Å². The molecule has 0 aliphatic heterocycles.